The molecule has 0 amide bonds. The summed E-state index contributed by atoms with van der Waals surface area (Å²) in [7, 11) is 0. The molecule has 0 fully saturated rings. The Kier molecular flexibility index (Phi) is 2.13. The van der Waals surface area contributed by atoms with Gasteiger partial charge >= 0.3 is 0 Å². The van der Waals surface area contributed by atoms with Crippen molar-refractivity contribution in [1.82, 2.24) is 4.98 Å². The second-order valence-electron chi connectivity index (χ2n) is 2.65. The van der Waals surface area contributed by atoms with Gasteiger partial charge in [0.2, 0.25) is 0 Å². The third-order valence-electron chi connectivity index (χ3n) is 1.96. The van der Waals surface area contributed by atoms with Crippen molar-refractivity contribution < 1.29 is 4.79 Å². The van der Waals surface area contributed by atoms with Gasteiger partial charge in [-0.15, -0.1) is 0 Å². The standard InChI is InChI=1S/C8H9NO.CH4/c10-8-3-1-2-7-6(8)4-5-9-7;/h4-5,9H,1-3H2;1H4. The number of aryl methyl sites for hydroxylation is 1. The molecule has 2 rings (SSSR count). The molecule has 1 aliphatic rings. The molecular weight excluding hydrogens is 138 g/mol. The van der Waals surface area contributed by atoms with E-state index in [0.29, 0.717) is 5.78 Å². The number of carbonyl (C=O) groups excluding carboxylic acids is 1. The number of fused-ring (bicyclic) bond motifs is 1. The molecule has 0 radical (unpaired) electrons. The molecule has 0 atom stereocenters. The Morgan fingerprint density at radius 1 is 1.36 bits per heavy atom. The fourth-order valence-corrected chi connectivity index (χ4v) is 1.43. The van der Waals surface area contributed by atoms with Crippen LogP contribution in [0.3, 0.4) is 0 Å². The summed E-state index contributed by atoms with van der Waals surface area (Å²) in [5.74, 6) is 0.294. The normalized spacial score (nSPS) is 15.5. The minimum absolute atomic E-state index is 0. The second-order valence-corrected chi connectivity index (χ2v) is 2.65. The van der Waals surface area contributed by atoms with Gasteiger partial charge in [0.05, 0.1) is 0 Å². The summed E-state index contributed by atoms with van der Waals surface area (Å²) in [5.41, 5.74) is 2.03. The first-order valence-electron chi connectivity index (χ1n) is 3.57. The van der Waals surface area contributed by atoms with Gasteiger partial charge in [0.15, 0.2) is 5.78 Å². The van der Waals surface area contributed by atoms with E-state index in [4.69, 9.17) is 0 Å². The molecule has 0 spiro atoms. The third-order valence-corrected chi connectivity index (χ3v) is 1.96. The summed E-state index contributed by atoms with van der Waals surface area (Å²) in [6, 6.07) is 1.87. The fraction of sp³-hybridized carbons (Fsp3) is 0.444. The van der Waals surface area contributed by atoms with Gasteiger partial charge in [-0.25, -0.2) is 0 Å². The van der Waals surface area contributed by atoms with E-state index in [2.05, 4.69) is 4.98 Å². The van der Waals surface area contributed by atoms with Crippen molar-refractivity contribution in [1.29, 1.82) is 0 Å². The maximum absolute atomic E-state index is 11.1. The van der Waals surface area contributed by atoms with Gasteiger partial charge in [0.1, 0.15) is 0 Å². The third kappa shape index (κ3) is 1.20. The first-order chi connectivity index (χ1) is 4.88. The molecule has 1 heterocycles. The summed E-state index contributed by atoms with van der Waals surface area (Å²) in [6.45, 7) is 0. The van der Waals surface area contributed by atoms with Crippen LogP contribution in [-0.2, 0) is 6.42 Å². The number of nitrogens with one attached hydrogen (secondary N) is 1. The van der Waals surface area contributed by atoms with Gasteiger partial charge in [0, 0.05) is 23.9 Å². The van der Waals surface area contributed by atoms with Crippen LogP contribution in [0, 0.1) is 0 Å². The molecule has 1 N–H and O–H groups in total. The summed E-state index contributed by atoms with van der Waals surface area (Å²) in [4.78, 5) is 14.2. The number of H-pyrrole nitrogens is 1. The van der Waals surface area contributed by atoms with E-state index in [1.807, 2.05) is 12.3 Å². The summed E-state index contributed by atoms with van der Waals surface area (Å²) < 4.78 is 0. The Hall–Kier alpha value is -1.05. The number of aromatic nitrogens is 1. The molecule has 2 nitrogen and oxygen atoms in total. The predicted molar refractivity (Wildman–Crippen MR) is 44.8 cm³/mol. The van der Waals surface area contributed by atoms with Crippen LogP contribution in [0.25, 0.3) is 0 Å². The van der Waals surface area contributed by atoms with Crippen LogP contribution in [0.5, 0.6) is 0 Å². The first kappa shape index (κ1) is 8.05. The largest absolute Gasteiger partial charge is 0.364 e. The van der Waals surface area contributed by atoms with Crippen molar-refractivity contribution in [3.8, 4) is 0 Å². The number of hydrogen-bond acceptors (Lipinski definition) is 1. The van der Waals surface area contributed by atoms with E-state index >= 15 is 0 Å². The smallest absolute Gasteiger partial charge is 0.164 e. The lowest BCUT2D eigenvalue weighted by Gasteiger charge is -2.08. The number of rotatable bonds is 0. The van der Waals surface area contributed by atoms with Crippen LogP contribution < -0.4 is 0 Å². The van der Waals surface area contributed by atoms with E-state index in [9.17, 15) is 4.79 Å². The highest BCUT2D eigenvalue weighted by molar-refractivity contribution is 5.98. The van der Waals surface area contributed by atoms with Gasteiger partial charge in [-0.2, -0.15) is 0 Å². The number of hydrogen-bond donors (Lipinski definition) is 1. The lowest BCUT2D eigenvalue weighted by Crippen LogP contribution is -2.08. The van der Waals surface area contributed by atoms with Crippen LogP contribution in [-0.4, -0.2) is 10.8 Å². The van der Waals surface area contributed by atoms with Crippen LogP contribution in [0.4, 0.5) is 0 Å². The number of ketones is 1. The Balaban J connectivity index is 0.000000605. The highest BCUT2D eigenvalue weighted by Gasteiger charge is 2.16. The molecule has 1 aliphatic carbocycles. The van der Waals surface area contributed by atoms with Crippen LogP contribution in [0.1, 0.15) is 36.3 Å². The van der Waals surface area contributed by atoms with E-state index in [-0.39, 0.29) is 7.43 Å². The quantitative estimate of drug-likeness (QED) is 0.605. The van der Waals surface area contributed by atoms with Crippen molar-refractivity contribution >= 4 is 5.78 Å². The van der Waals surface area contributed by atoms with Gasteiger partial charge in [-0.3, -0.25) is 4.79 Å². The molecule has 0 saturated carbocycles. The summed E-state index contributed by atoms with van der Waals surface area (Å²) in [6.07, 6.45) is 4.61. The highest BCUT2D eigenvalue weighted by atomic mass is 16.1. The predicted octanol–water partition coefficient (Wildman–Crippen LogP) is 2.17. The van der Waals surface area contributed by atoms with Crippen molar-refractivity contribution in [3.05, 3.63) is 23.5 Å². The average Bonchev–Trinajstić information content (AvgIpc) is 2.36. The monoisotopic (exact) mass is 151 g/mol. The number of carbonyl (C=O) groups is 1. The van der Waals surface area contributed by atoms with E-state index in [0.717, 1.165) is 30.5 Å². The average molecular weight is 151 g/mol. The zero-order valence-corrected chi connectivity index (χ0v) is 5.68. The van der Waals surface area contributed by atoms with Crippen molar-refractivity contribution in [2.75, 3.05) is 0 Å². The van der Waals surface area contributed by atoms with E-state index in [1.54, 1.807) is 0 Å². The SMILES string of the molecule is C.O=C1CCCc2[nH]ccc21. The molecule has 2 heteroatoms. The molecule has 0 aliphatic heterocycles. The zero-order valence-electron chi connectivity index (χ0n) is 5.68. The molecule has 0 aromatic carbocycles. The maximum atomic E-state index is 11.1. The molecule has 0 unspecified atom stereocenters. The topological polar surface area (TPSA) is 32.9 Å². The maximum Gasteiger partial charge on any atom is 0.164 e. The van der Waals surface area contributed by atoms with E-state index in [1.165, 1.54) is 0 Å². The second kappa shape index (κ2) is 2.91. The number of Topliss-reactive ketones (excluding diaryl/α,β-unsaturated/α-hetero) is 1. The molecule has 0 saturated heterocycles. The van der Waals surface area contributed by atoms with Gasteiger partial charge in [-0.1, -0.05) is 7.43 Å². The molecule has 1 aromatic rings. The first-order valence-corrected chi connectivity index (χ1v) is 3.57. The van der Waals surface area contributed by atoms with Crippen LogP contribution in [0.2, 0.25) is 0 Å². The van der Waals surface area contributed by atoms with Gasteiger partial charge < -0.3 is 4.98 Å². The molecule has 0 bridgehead atoms. The van der Waals surface area contributed by atoms with Gasteiger partial charge in [0.25, 0.3) is 0 Å². The zero-order chi connectivity index (χ0) is 6.97. The minimum Gasteiger partial charge on any atom is -0.364 e. The number of aromatic amines is 1. The Bertz CT molecular complexity index is 262. The van der Waals surface area contributed by atoms with E-state index < -0.39 is 0 Å². The Morgan fingerprint density at radius 2 is 2.18 bits per heavy atom. The van der Waals surface area contributed by atoms with Crippen LogP contribution >= 0.6 is 0 Å². The molecule has 11 heavy (non-hydrogen) atoms. The minimum atomic E-state index is 0. The van der Waals surface area contributed by atoms with Crippen molar-refractivity contribution in [2.24, 2.45) is 0 Å². The van der Waals surface area contributed by atoms with Crippen molar-refractivity contribution in [3.63, 3.8) is 0 Å². The highest BCUT2D eigenvalue weighted by Crippen LogP contribution is 2.18. The molecular formula is C9H13NO. The summed E-state index contributed by atoms with van der Waals surface area (Å²) in [5, 5.41) is 0. The van der Waals surface area contributed by atoms with Gasteiger partial charge in [-0.05, 0) is 18.9 Å². The lowest BCUT2D eigenvalue weighted by atomic mass is 9.97. The Morgan fingerprint density at radius 3 is 2.91 bits per heavy atom. The fourth-order valence-electron chi connectivity index (χ4n) is 1.43. The summed E-state index contributed by atoms with van der Waals surface area (Å²) >= 11 is 0. The Labute approximate surface area is 66.6 Å². The molecule has 60 valence electrons. The molecule has 1 aromatic heterocycles. The van der Waals surface area contributed by atoms with Crippen molar-refractivity contribution in [2.45, 2.75) is 26.7 Å². The lowest BCUT2D eigenvalue weighted by molar-refractivity contribution is 0.0972. The van der Waals surface area contributed by atoms with Crippen LogP contribution in [0.15, 0.2) is 12.3 Å².